The quantitative estimate of drug-likeness (QED) is 0.332. The molecule has 0 fully saturated rings. The third-order valence-electron chi connectivity index (χ3n) is 5.08. The van der Waals surface area contributed by atoms with Crippen LogP contribution in [0.4, 0.5) is 0 Å². The Kier molecular flexibility index (Phi) is 5.73. The van der Waals surface area contributed by atoms with Crippen molar-refractivity contribution in [1.29, 1.82) is 0 Å². The van der Waals surface area contributed by atoms with Crippen LogP contribution in [-0.4, -0.2) is 24.4 Å². The minimum absolute atomic E-state index is 0.0122. The molecule has 0 aliphatic heterocycles. The van der Waals surface area contributed by atoms with Crippen LogP contribution >= 0.6 is 0 Å². The van der Waals surface area contributed by atoms with Crippen molar-refractivity contribution in [3.05, 3.63) is 83.4 Å². The number of benzene rings is 2. The van der Waals surface area contributed by atoms with Crippen molar-refractivity contribution in [2.24, 2.45) is 0 Å². The second-order valence-corrected chi connectivity index (χ2v) is 8.76. The summed E-state index contributed by atoms with van der Waals surface area (Å²) in [7, 11) is -3.88. The van der Waals surface area contributed by atoms with Crippen LogP contribution in [-0.2, 0) is 21.5 Å². The summed E-state index contributed by atoms with van der Waals surface area (Å²) in [5.74, 6) is 0.567. The van der Waals surface area contributed by atoms with Crippen molar-refractivity contribution in [2.45, 2.75) is 31.7 Å². The van der Waals surface area contributed by atoms with Gasteiger partial charge in [0.15, 0.2) is 12.5 Å². The van der Waals surface area contributed by atoms with Crippen LogP contribution in [0.15, 0.2) is 70.2 Å². The normalized spacial score (nSPS) is 12.8. The minimum atomic E-state index is -3.88. The molecule has 0 aliphatic carbocycles. The van der Waals surface area contributed by atoms with Crippen LogP contribution in [0.25, 0.3) is 10.9 Å². The number of nitrogens with one attached hydrogen (secondary N) is 1. The summed E-state index contributed by atoms with van der Waals surface area (Å²) in [4.78, 5) is 11.5. The Hall–Kier alpha value is -3.27. The molecule has 0 radical (unpaired) electrons. The second-order valence-electron chi connectivity index (χ2n) is 7.05. The summed E-state index contributed by atoms with van der Waals surface area (Å²) in [5, 5.41) is 4.79. The van der Waals surface area contributed by atoms with Gasteiger partial charge in [0.1, 0.15) is 18.2 Å². The molecule has 160 valence electrons. The van der Waals surface area contributed by atoms with Gasteiger partial charge in [-0.15, -0.1) is 0 Å². The molecule has 0 saturated carbocycles. The summed E-state index contributed by atoms with van der Waals surface area (Å²) >= 11 is 0. The highest BCUT2D eigenvalue weighted by Gasteiger charge is 2.27. The summed E-state index contributed by atoms with van der Waals surface area (Å²) < 4.78 is 41.3. The number of carbonyl (C=O) groups excluding carboxylic acids is 1. The van der Waals surface area contributed by atoms with Crippen LogP contribution in [0.3, 0.4) is 0 Å². The van der Waals surface area contributed by atoms with Crippen molar-refractivity contribution in [3.63, 3.8) is 0 Å². The number of para-hydroxylation sites is 1. The highest BCUT2D eigenvalue weighted by atomic mass is 32.2. The molecule has 2 aromatic carbocycles. The maximum absolute atomic E-state index is 12.9. The summed E-state index contributed by atoms with van der Waals surface area (Å²) in [5.41, 5.74) is 2.34. The molecule has 1 N–H and O–H groups in total. The minimum Gasteiger partial charge on any atom is -0.361 e. The van der Waals surface area contributed by atoms with E-state index in [0.717, 1.165) is 17.2 Å². The van der Waals surface area contributed by atoms with Gasteiger partial charge in [0.05, 0.1) is 10.4 Å². The first kappa shape index (κ1) is 21.0. The van der Waals surface area contributed by atoms with Crippen LogP contribution in [0.1, 0.15) is 33.6 Å². The fourth-order valence-corrected chi connectivity index (χ4v) is 4.40. The molecule has 4 rings (SSSR count). The number of aldehydes is 1. The Balaban J connectivity index is 1.66. The molecule has 8 nitrogen and oxygen atoms in total. The van der Waals surface area contributed by atoms with Crippen LogP contribution in [0.5, 0.6) is 0 Å². The van der Waals surface area contributed by atoms with E-state index in [9.17, 15) is 13.2 Å². The predicted molar refractivity (Wildman–Crippen MR) is 114 cm³/mol. The number of aromatic nitrogens is 2. The van der Waals surface area contributed by atoms with Crippen molar-refractivity contribution < 1.29 is 22.5 Å². The van der Waals surface area contributed by atoms with Crippen molar-refractivity contribution in [3.8, 4) is 0 Å². The van der Waals surface area contributed by atoms with E-state index in [4.69, 9.17) is 9.26 Å². The number of aryl methyl sites for hydroxylation is 1. The zero-order valence-corrected chi connectivity index (χ0v) is 17.8. The van der Waals surface area contributed by atoms with Crippen molar-refractivity contribution in [2.75, 3.05) is 0 Å². The maximum atomic E-state index is 12.9. The van der Waals surface area contributed by atoms with Gasteiger partial charge >= 0.3 is 0 Å². The Labute approximate surface area is 179 Å². The molecule has 9 heteroatoms. The highest BCUT2D eigenvalue weighted by Crippen LogP contribution is 2.25. The average Bonchev–Trinajstić information content (AvgIpc) is 3.31. The summed E-state index contributed by atoms with van der Waals surface area (Å²) in [6.07, 6.45) is 1.35. The van der Waals surface area contributed by atoms with Crippen LogP contribution in [0, 0.1) is 13.8 Å². The number of ether oxygens (including phenoxy) is 1. The maximum Gasteiger partial charge on any atom is 0.243 e. The van der Waals surface area contributed by atoms with Gasteiger partial charge in [-0.25, -0.2) is 8.42 Å². The summed E-state index contributed by atoms with van der Waals surface area (Å²) in [6.45, 7) is 3.51. The molecule has 0 amide bonds. The van der Waals surface area contributed by atoms with Gasteiger partial charge in [0, 0.05) is 22.7 Å². The Bertz CT molecular complexity index is 1330. The first-order chi connectivity index (χ1) is 14.9. The molecular weight excluding hydrogens is 418 g/mol. The summed E-state index contributed by atoms with van der Waals surface area (Å²) in [6, 6.07) is 15.4. The standard InChI is InChI=1S/C22H21N3O5S/c1-15-16(2)30-23-21(15)22(24-31(27,28)18-8-4-3-5-9-18)29-14-25-12-17(13-26)19-10-6-7-11-20(19)25/h3-13,22,24H,14H2,1-2H3. The first-order valence-corrected chi connectivity index (χ1v) is 11.0. The van der Waals surface area contributed by atoms with E-state index in [1.807, 2.05) is 24.3 Å². The van der Waals surface area contributed by atoms with Gasteiger partial charge in [0.25, 0.3) is 0 Å². The van der Waals surface area contributed by atoms with E-state index >= 15 is 0 Å². The smallest absolute Gasteiger partial charge is 0.243 e. The number of sulfonamides is 1. The molecule has 0 aliphatic rings. The van der Waals surface area contributed by atoms with Gasteiger partial charge in [-0.1, -0.05) is 41.6 Å². The number of fused-ring (bicyclic) bond motifs is 1. The van der Waals surface area contributed by atoms with Crippen LogP contribution in [0.2, 0.25) is 0 Å². The van der Waals surface area contributed by atoms with E-state index in [1.54, 1.807) is 42.8 Å². The predicted octanol–water partition coefficient (Wildman–Crippen LogP) is 3.71. The molecule has 2 aromatic heterocycles. The van der Waals surface area contributed by atoms with E-state index in [2.05, 4.69) is 9.88 Å². The van der Waals surface area contributed by atoms with Crippen molar-refractivity contribution in [1.82, 2.24) is 14.4 Å². The molecule has 0 bridgehead atoms. The second kappa shape index (κ2) is 8.46. The Morgan fingerprint density at radius 3 is 2.52 bits per heavy atom. The lowest BCUT2D eigenvalue weighted by Gasteiger charge is -2.19. The lowest BCUT2D eigenvalue weighted by Crippen LogP contribution is -2.31. The lowest BCUT2D eigenvalue weighted by atomic mass is 10.2. The van der Waals surface area contributed by atoms with Gasteiger partial charge in [-0.3, -0.25) is 4.79 Å². The van der Waals surface area contributed by atoms with E-state index in [1.165, 1.54) is 12.1 Å². The van der Waals surface area contributed by atoms with Gasteiger partial charge in [-0.2, -0.15) is 4.72 Å². The van der Waals surface area contributed by atoms with E-state index < -0.39 is 16.3 Å². The van der Waals surface area contributed by atoms with Gasteiger partial charge in [-0.05, 0) is 32.0 Å². The monoisotopic (exact) mass is 439 g/mol. The fraction of sp³-hybridized carbons (Fsp3) is 0.182. The first-order valence-electron chi connectivity index (χ1n) is 9.55. The SMILES string of the molecule is Cc1onc(C(NS(=O)(=O)c2ccccc2)OCn2cc(C=O)c3ccccc32)c1C. The molecule has 31 heavy (non-hydrogen) atoms. The molecule has 2 heterocycles. The molecule has 0 spiro atoms. The molecule has 0 saturated heterocycles. The third kappa shape index (κ3) is 4.15. The zero-order chi connectivity index (χ0) is 22.0. The molecule has 1 atom stereocenters. The average molecular weight is 439 g/mol. The Morgan fingerprint density at radius 2 is 1.84 bits per heavy atom. The Morgan fingerprint density at radius 1 is 1.13 bits per heavy atom. The topological polar surface area (TPSA) is 103 Å². The molecule has 1 unspecified atom stereocenters. The van der Waals surface area contributed by atoms with Crippen molar-refractivity contribution >= 4 is 27.2 Å². The van der Waals surface area contributed by atoms with Gasteiger partial charge < -0.3 is 13.8 Å². The van der Waals surface area contributed by atoms with Gasteiger partial charge in [0.2, 0.25) is 10.0 Å². The number of nitrogens with zero attached hydrogens (tertiary/aromatic N) is 2. The van der Waals surface area contributed by atoms with Crippen LogP contribution < -0.4 is 4.72 Å². The molecule has 4 aromatic rings. The largest absolute Gasteiger partial charge is 0.361 e. The fourth-order valence-electron chi connectivity index (χ4n) is 3.29. The highest BCUT2D eigenvalue weighted by molar-refractivity contribution is 7.89. The van der Waals surface area contributed by atoms with E-state index in [0.29, 0.717) is 22.6 Å². The number of hydrogen-bond acceptors (Lipinski definition) is 6. The number of carbonyl (C=O) groups is 1. The number of rotatable bonds is 8. The zero-order valence-electron chi connectivity index (χ0n) is 17.0. The number of hydrogen-bond donors (Lipinski definition) is 1. The third-order valence-corrected chi connectivity index (χ3v) is 6.50. The molecular formula is C22H21N3O5S. The lowest BCUT2D eigenvalue weighted by molar-refractivity contribution is -0.00325. The van der Waals surface area contributed by atoms with E-state index in [-0.39, 0.29) is 11.6 Å².